The zero-order chi connectivity index (χ0) is 12.5. The van der Waals surface area contributed by atoms with Crippen molar-refractivity contribution in [2.24, 2.45) is 0 Å². The van der Waals surface area contributed by atoms with Crippen molar-refractivity contribution in [2.45, 2.75) is 19.3 Å². The molecule has 0 amide bonds. The van der Waals surface area contributed by atoms with Gasteiger partial charge < -0.3 is 4.90 Å². The Morgan fingerprint density at radius 3 is 3.17 bits per heavy atom. The van der Waals surface area contributed by atoms with Gasteiger partial charge in [-0.1, -0.05) is 6.92 Å². The minimum absolute atomic E-state index is 0.393. The van der Waals surface area contributed by atoms with Crippen molar-refractivity contribution in [1.82, 2.24) is 19.5 Å². The molecule has 1 fully saturated rings. The van der Waals surface area contributed by atoms with Crippen LogP contribution >= 0.6 is 0 Å². The number of hydrogen-bond donors (Lipinski definition) is 0. The molecule has 1 aliphatic heterocycles. The molecule has 18 heavy (non-hydrogen) atoms. The second kappa shape index (κ2) is 4.49. The molecule has 94 valence electrons. The Hall–Kier alpha value is -1.75. The summed E-state index contributed by atoms with van der Waals surface area (Å²) in [5.41, 5.74) is 1.26. The molecule has 0 N–H and O–H groups in total. The van der Waals surface area contributed by atoms with Gasteiger partial charge in [0.1, 0.15) is 0 Å². The lowest BCUT2D eigenvalue weighted by Gasteiger charge is -2.10. The van der Waals surface area contributed by atoms with E-state index in [4.69, 9.17) is 0 Å². The number of carbonyl (C=O) groups excluding carboxylic acids is 1. The molecule has 0 aliphatic carbocycles. The molecule has 0 saturated carbocycles. The Bertz CT molecular complexity index is 577. The Morgan fingerprint density at radius 2 is 2.44 bits per heavy atom. The number of likely N-dealkylation sites (tertiary alicyclic amines) is 1. The van der Waals surface area contributed by atoms with E-state index in [1.807, 2.05) is 12.3 Å². The monoisotopic (exact) mass is 244 g/mol. The van der Waals surface area contributed by atoms with Crippen molar-refractivity contribution in [3.05, 3.63) is 29.7 Å². The van der Waals surface area contributed by atoms with Crippen molar-refractivity contribution in [3.63, 3.8) is 0 Å². The van der Waals surface area contributed by atoms with Gasteiger partial charge in [0.2, 0.25) is 0 Å². The molecule has 1 unspecified atom stereocenters. The Balaban J connectivity index is 1.96. The summed E-state index contributed by atoms with van der Waals surface area (Å²) in [6.07, 6.45) is 3.77. The third-order valence-electron chi connectivity index (χ3n) is 3.62. The number of fused-ring (bicyclic) bond motifs is 1. The van der Waals surface area contributed by atoms with Gasteiger partial charge in [-0.3, -0.25) is 4.79 Å². The lowest BCUT2D eigenvalue weighted by atomic mass is 10.1. The maximum atomic E-state index is 11.0. The summed E-state index contributed by atoms with van der Waals surface area (Å²) in [6, 6.07) is 3.59. The van der Waals surface area contributed by atoms with Gasteiger partial charge in [-0.25, -0.2) is 9.50 Å². The van der Waals surface area contributed by atoms with Gasteiger partial charge in [-0.2, -0.15) is 5.10 Å². The molecule has 0 aromatic carbocycles. The molecule has 1 saturated heterocycles. The maximum Gasteiger partial charge on any atom is 0.166 e. The number of likely N-dealkylation sites (N-methyl/N-ethyl adjacent to an activating group) is 1. The highest BCUT2D eigenvalue weighted by atomic mass is 16.1. The first kappa shape index (κ1) is 11.3. The highest BCUT2D eigenvalue weighted by Crippen LogP contribution is 2.25. The first-order valence-corrected chi connectivity index (χ1v) is 6.34. The van der Waals surface area contributed by atoms with Gasteiger partial charge in [0.05, 0.1) is 5.56 Å². The summed E-state index contributed by atoms with van der Waals surface area (Å²) < 4.78 is 1.70. The van der Waals surface area contributed by atoms with Crippen molar-refractivity contribution >= 4 is 11.9 Å². The smallest absolute Gasteiger partial charge is 0.166 e. The number of rotatable bonds is 3. The summed E-state index contributed by atoms with van der Waals surface area (Å²) in [6.45, 7) is 5.37. The van der Waals surface area contributed by atoms with E-state index < -0.39 is 0 Å². The van der Waals surface area contributed by atoms with E-state index in [1.54, 1.807) is 10.6 Å². The average Bonchev–Trinajstić information content (AvgIpc) is 3.03. The number of carbonyl (C=O) groups is 1. The third-order valence-corrected chi connectivity index (χ3v) is 3.62. The summed E-state index contributed by atoms with van der Waals surface area (Å²) in [7, 11) is 0. The predicted octanol–water partition coefficient (Wildman–Crippen LogP) is 1.35. The Kier molecular flexibility index (Phi) is 2.83. The lowest BCUT2D eigenvalue weighted by Crippen LogP contribution is -2.19. The van der Waals surface area contributed by atoms with Crippen molar-refractivity contribution in [1.29, 1.82) is 0 Å². The van der Waals surface area contributed by atoms with Crippen LogP contribution in [0.25, 0.3) is 5.65 Å². The van der Waals surface area contributed by atoms with Gasteiger partial charge in [0, 0.05) is 18.7 Å². The summed E-state index contributed by atoms with van der Waals surface area (Å²) >= 11 is 0. The largest absolute Gasteiger partial charge is 0.303 e. The topological polar surface area (TPSA) is 50.5 Å². The molecule has 5 heteroatoms. The molecule has 2 aromatic rings. The van der Waals surface area contributed by atoms with Crippen LogP contribution in [0.3, 0.4) is 0 Å². The van der Waals surface area contributed by atoms with Gasteiger partial charge >= 0.3 is 0 Å². The third kappa shape index (κ3) is 1.80. The minimum Gasteiger partial charge on any atom is -0.303 e. The number of aromatic nitrogens is 3. The highest BCUT2D eigenvalue weighted by molar-refractivity contribution is 5.83. The van der Waals surface area contributed by atoms with Crippen LogP contribution in [0.5, 0.6) is 0 Å². The molecule has 3 heterocycles. The summed E-state index contributed by atoms with van der Waals surface area (Å²) in [4.78, 5) is 17.9. The zero-order valence-corrected chi connectivity index (χ0v) is 10.4. The first-order valence-electron chi connectivity index (χ1n) is 6.34. The second-order valence-corrected chi connectivity index (χ2v) is 4.70. The molecule has 1 aliphatic rings. The van der Waals surface area contributed by atoms with Crippen LogP contribution in [0.4, 0.5) is 0 Å². The first-order chi connectivity index (χ1) is 8.81. The number of pyridine rings is 1. The van der Waals surface area contributed by atoms with Crippen molar-refractivity contribution in [3.8, 4) is 0 Å². The molecule has 0 radical (unpaired) electrons. The summed E-state index contributed by atoms with van der Waals surface area (Å²) in [5.74, 6) is 1.25. The molecule has 0 bridgehead atoms. The fourth-order valence-corrected chi connectivity index (χ4v) is 2.54. The van der Waals surface area contributed by atoms with E-state index >= 15 is 0 Å². The number of aldehydes is 1. The van der Waals surface area contributed by atoms with E-state index in [0.29, 0.717) is 17.1 Å². The Labute approximate surface area is 105 Å². The van der Waals surface area contributed by atoms with Gasteiger partial charge in [0.15, 0.2) is 17.8 Å². The molecular weight excluding hydrogens is 228 g/mol. The molecule has 2 aromatic heterocycles. The standard InChI is InChI=1S/C13H16N4O/c1-2-16-7-5-10(8-16)12-14-13-11(9-18)4-3-6-17(13)15-12/h3-4,6,9-10H,2,5,7-8H2,1H3. The minimum atomic E-state index is 0.393. The van der Waals surface area contributed by atoms with E-state index in [0.717, 1.165) is 38.2 Å². The molecule has 0 spiro atoms. The van der Waals surface area contributed by atoms with Gasteiger partial charge in [0.25, 0.3) is 0 Å². The van der Waals surface area contributed by atoms with Crippen molar-refractivity contribution < 1.29 is 4.79 Å². The second-order valence-electron chi connectivity index (χ2n) is 4.70. The van der Waals surface area contributed by atoms with E-state index in [-0.39, 0.29) is 0 Å². The van der Waals surface area contributed by atoms with E-state index in [1.165, 1.54) is 0 Å². The van der Waals surface area contributed by atoms with Gasteiger partial charge in [-0.15, -0.1) is 0 Å². The normalized spacial score (nSPS) is 20.6. The molecular formula is C13H16N4O. The lowest BCUT2D eigenvalue weighted by molar-refractivity contribution is 0.112. The fraction of sp³-hybridized carbons (Fsp3) is 0.462. The van der Waals surface area contributed by atoms with Crippen LogP contribution < -0.4 is 0 Å². The number of nitrogens with zero attached hydrogens (tertiary/aromatic N) is 4. The molecule has 3 rings (SSSR count). The van der Waals surface area contributed by atoms with Crippen LogP contribution in [0.15, 0.2) is 18.3 Å². The molecule has 5 nitrogen and oxygen atoms in total. The predicted molar refractivity (Wildman–Crippen MR) is 67.8 cm³/mol. The Morgan fingerprint density at radius 1 is 1.56 bits per heavy atom. The van der Waals surface area contributed by atoms with Crippen LogP contribution in [0.2, 0.25) is 0 Å². The van der Waals surface area contributed by atoms with Crippen LogP contribution in [-0.2, 0) is 0 Å². The molecule has 1 atom stereocenters. The fourth-order valence-electron chi connectivity index (χ4n) is 2.54. The maximum absolute atomic E-state index is 11.0. The van der Waals surface area contributed by atoms with E-state index in [9.17, 15) is 4.79 Å². The van der Waals surface area contributed by atoms with E-state index in [2.05, 4.69) is 21.9 Å². The SMILES string of the molecule is CCN1CCC(c2nc3c(C=O)cccn3n2)C1. The van der Waals surface area contributed by atoms with Gasteiger partial charge in [-0.05, 0) is 31.6 Å². The van der Waals surface area contributed by atoms with Crippen molar-refractivity contribution in [2.75, 3.05) is 19.6 Å². The van der Waals surface area contributed by atoms with Crippen LogP contribution in [0.1, 0.15) is 35.4 Å². The highest BCUT2D eigenvalue weighted by Gasteiger charge is 2.26. The van der Waals surface area contributed by atoms with Crippen LogP contribution in [0, 0.1) is 0 Å². The quantitative estimate of drug-likeness (QED) is 0.765. The summed E-state index contributed by atoms with van der Waals surface area (Å²) in [5, 5.41) is 4.49. The zero-order valence-electron chi connectivity index (χ0n) is 10.4. The number of hydrogen-bond acceptors (Lipinski definition) is 4. The van der Waals surface area contributed by atoms with Crippen LogP contribution in [-0.4, -0.2) is 45.4 Å². The average molecular weight is 244 g/mol.